The molecule has 7 heteroatoms. The van der Waals surface area contributed by atoms with Gasteiger partial charge in [-0.15, -0.1) is 0 Å². The Kier molecular flexibility index (Phi) is 3.13. The predicted molar refractivity (Wildman–Crippen MR) is 48.7 cm³/mol. The maximum absolute atomic E-state index is 12.1. The Balaban J connectivity index is 2.01. The van der Waals surface area contributed by atoms with Gasteiger partial charge in [0, 0.05) is 0 Å². The number of piperidine rings is 1. The lowest BCUT2D eigenvalue weighted by Crippen LogP contribution is -2.27. The smallest absolute Gasteiger partial charge is 0.338 e. The highest BCUT2D eigenvalue weighted by Gasteiger charge is 2.31. The van der Waals surface area contributed by atoms with Crippen LogP contribution < -0.4 is 5.32 Å². The molecule has 1 fully saturated rings. The van der Waals surface area contributed by atoms with Crippen LogP contribution in [0, 0.1) is 0 Å². The molecule has 0 saturated carbocycles. The van der Waals surface area contributed by atoms with Crippen molar-refractivity contribution in [3.8, 4) is 0 Å². The first-order chi connectivity index (χ1) is 7.54. The zero-order valence-corrected chi connectivity index (χ0v) is 8.55. The van der Waals surface area contributed by atoms with Crippen molar-refractivity contribution in [2.24, 2.45) is 0 Å². The Morgan fingerprint density at radius 3 is 2.81 bits per heavy atom. The van der Waals surface area contributed by atoms with E-state index in [9.17, 15) is 13.2 Å². The number of alkyl halides is 3. The van der Waals surface area contributed by atoms with E-state index >= 15 is 0 Å². The van der Waals surface area contributed by atoms with Crippen LogP contribution >= 0.6 is 0 Å². The summed E-state index contributed by atoms with van der Waals surface area (Å²) in [6, 6.07) is -0.0942. The van der Waals surface area contributed by atoms with Crippen molar-refractivity contribution in [2.75, 3.05) is 6.54 Å². The van der Waals surface area contributed by atoms with E-state index in [1.54, 1.807) is 0 Å². The van der Waals surface area contributed by atoms with E-state index in [1.165, 1.54) is 0 Å². The van der Waals surface area contributed by atoms with Gasteiger partial charge in [-0.2, -0.15) is 18.2 Å². The summed E-state index contributed by atoms with van der Waals surface area (Å²) in [5, 5.41) is 6.46. The number of hydrogen-bond donors (Lipinski definition) is 1. The Bertz CT molecular complexity index is 344. The van der Waals surface area contributed by atoms with Gasteiger partial charge in [0.25, 0.3) is 0 Å². The molecule has 1 saturated heterocycles. The lowest BCUT2D eigenvalue weighted by molar-refractivity contribution is -0.128. The summed E-state index contributed by atoms with van der Waals surface area (Å²) < 4.78 is 41.0. The minimum Gasteiger partial charge on any atom is -0.338 e. The van der Waals surface area contributed by atoms with Crippen LogP contribution in [0.1, 0.15) is 37.0 Å². The highest BCUT2D eigenvalue weighted by atomic mass is 19.4. The number of rotatable bonds is 2. The number of hydrogen-bond acceptors (Lipinski definition) is 4. The Hall–Kier alpha value is -1.11. The quantitative estimate of drug-likeness (QED) is 0.851. The van der Waals surface area contributed by atoms with Gasteiger partial charge in [-0.1, -0.05) is 11.6 Å². The van der Waals surface area contributed by atoms with Crippen LogP contribution in [0.4, 0.5) is 13.2 Å². The summed E-state index contributed by atoms with van der Waals surface area (Å²) in [5.41, 5.74) is 0. The molecular weight excluding hydrogens is 223 g/mol. The monoisotopic (exact) mass is 235 g/mol. The maximum Gasteiger partial charge on any atom is 0.396 e. The Morgan fingerprint density at radius 1 is 1.38 bits per heavy atom. The van der Waals surface area contributed by atoms with Crippen molar-refractivity contribution < 1.29 is 17.7 Å². The van der Waals surface area contributed by atoms with E-state index in [1.807, 2.05) is 0 Å². The lowest BCUT2D eigenvalue weighted by atomic mass is 10.1. The fraction of sp³-hybridized carbons (Fsp3) is 0.778. The second-order valence-electron chi connectivity index (χ2n) is 3.84. The van der Waals surface area contributed by atoms with E-state index in [0.717, 1.165) is 25.8 Å². The summed E-state index contributed by atoms with van der Waals surface area (Å²) in [6.45, 7) is 0.835. The molecule has 1 N–H and O–H groups in total. The van der Waals surface area contributed by atoms with Crippen molar-refractivity contribution in [2.45, 2.75) is 37.9 Å². The molecule has 4 nitrogen and oxygen atoms in total. The molecular formula is C9H12F3N3O. The Morgan fingerprint density at radius 2 is 2.19 bits per heavy atom. The van der Waals surface area contributed by atoms with E-state index in [0.29, 0.717) is 0 Å². The van der Waals surface area contributed by atoms with Gasteiger partial charge in [0.1, 0.15) is 6.42 Å². The number of nitrogens with zero attached hydrogens (tertiary/aromatic N) is 2. The summed E-state index contributed by atoms with van der Waals surface area (Å²) >= 11 is 0. The molecule has 1 aromatic heterocycles. The standard InChI is InChI=1S/C9H12F3N3O/c10-9(11,12)5-7-14-8(16-15-7)6-3-1-2-4-13-6/h6,13H,1-5H2. The van der Waals surface area contributed by atoms with Gasteiger partial charge in [-0.05, 0) is 19.4 Å². The molecule has 0 radical (unpaired) electrons. The molecule has 2 rings (SSSR count). The fourth-order valence-electron chi connectivity index (χ4n) is 1.72. The van der Waals surface area contributed by atoms with Gasteiger partial charge in [-0.25, -0.2) is 0 Å². The molecule has 0 spiro atoms. The lowest BCUT2D eigenvalue weighted by Gasteiger charge is -2.19. The van der Waals surface area contributed by atoms with Gasteiger partial charge in [0.15, 0.2) is 5.82 Å². The van der Waals surface area contributed by atoms with Gasteiger partial charge in [0.2, 0.25) is 5.89 Å². The average Bonchev–Trinajstić information content (AvgIpc) is 2.65. The molecule has 16 heavy (non-hydrogen) atoms. The van der Waals surface area contributed by atoms with Crippen LogP contribution in [0.15, 0.2) is 4.52 Å². The molecule has 1 aliphatic rings. The second kappa shape index (κ2) is 4.40. The van der Waals surface area contributed by atoms with Gasteiger partial charge >= 0.3 is 6.18 Å². The topological polar surface area (TPSA) is 51.0 Å². The SMILES string of the molecule is FC(F)(F)Cc1noc(C2CCCCN2)n1. The molecule has 90 valence electrons. The van der Waals surface area contributed by atoms with Crippen LogP contribution in [0.2, 0.25) is 0 Å². The molecule has 0 bridgehead atoms. The van der Waals surface area contributed by atoms with Crippen LogP contribution in [-0.4, -0.2) is 22.9 Å². The molecule has 1 atom stereocenters. The first kappa shape index (κ1) is 11.4. The minimum absolute atomic E-state index is 0.0942. The second-order valence-corrected chi connectivity index (χ2v) is 3.84. The number of aromatic nitrogens is 2. The largest absolute Gasteiger partial charge is 0.396 e. The molecule has 0 aromatic carbocycles. The molecule has 1 aliphatic heterocycles. The van der Waals surface area contributed by atoms with E-state index in [4.69, 9.17) is 4.52 Å². The Labute approximate surface area is 90.2 Å². The van der Waals surface area contributed by atoms with E-state index in [-0.39, 0.29) is 17.8 Å². The summed E-state index contributed by atoms with van der Waals surface area (Å²) in [6.07, 6.45) is -2.51. The average molecular weight is 235 g/mol. The highest BCUT2D eigenvalue weighted by molar-refractivity contribution is 4.95. The van der Waals surface area contributed by atoms with Crippen LogP contribution in [0.5, 0.6) is 0 Å². The third kappa shape index (κ3) is 2.94. The fourth-order valence-corrected chi connectivity index (χ4v) is 1.72. The normalized spacial score (nSPS) is 22.3. The van der Waals surface area contributed by atoms with Crippen molar-refractivity contribution in [1.29, 1.82) is 0 Å². The third-order valence-electron chi connectivity index (χ3n) is 2.45. The van der Waals surface area contributed by atoms with Crippen LogP contribution in [0.25, 0.3) is 0 Å². The summed E-state index contributed by atoms with van der Waals surface area (Å²) in [4.78, 5) is 3.76. The van der Waals surface area contributed by atoms with Crippen molar-refractivity contribution in [3.05, 3.63) is 11.7 Å². The number of nitrogens with one attached hydrogen (secondary N) is 1. The highest BCUT2D eigenvalue weighted by Crippen LogP contribution is 2.23. The minimum atomic E-state index is -4.29. The van der Waals surface area contributed by atoms with Crippen molar-refractivity contribution >= 4 is 0 Å². The molecule has 1 unspecified atom stereocenters. The van der Waals surface area contributed by atoms with Gasteiger partial charge in [-0.3, -0.25) is 0 Å². The molecule has 0 aliphatic carbocycles. The molecule has 1 aromatic rings. The van der Waals surface area contributed by atoms with Crippen molar-refractivity contribution in [3.63, 3.8) is 0 Å². The zero-order chi connectivity index (χ0) is 11.6. The summed E-state index contributed by atoms with van der Waals surface area (Å²) in [7, 11) is 0. The maximum atomic E-state index is 12.1. The van der Waals surface area contributed by atoms with Crippen LogP contribution in [0.3, 0.4) is 0 Å². The third-order valence-corrected chi connectivity index (χ3v) is 2.45. The van der Waals surface area contributed by atoms with Crippen molar-refractivity contribution in [1.82, 2.24) is 15.5 Å². The first-order valence-corrected chi connectivity index (χ1v) is 5.17. The summed E-state index contributed by atoms with van der Waals surface area (Å²) in [5.74, 6) is -0.0335. The van der Waals surface area contributed by atoms with Gasteiger partial charge in [0.05, 0.1) is 6.04 Å². The number of halogens is 3. The molecule has 0 amide bonds. The molecule has 2 heterocycles. The van der Waals surface area contributed by atoms with E-state index in [2.05, 4.69) is 15.5 Å². The van der Waals surface area contributed by atoms with Crippen LogP contribution in [-0.2, 0) is 6.42 Å². The van der Waals surface area contributed by atoms with E-state index < -0.39 is 12.6 Å². The first-order valence-electron chi connectivity index (χ1n) is 5.17. The zero-order valence-electron chi connectivity index (χ0n) is 8.55. The van der Waals surface area contributed by atoms with Gasteiger partial charge < -0.3 is 9.84 Å². The predicted octanol–water partition coefficient (Wildman–Crippen LogP) is 1.99.